The maximum Gasteiger partial charge on any atom is 0.257 e. The summed E-state index contributed by atoms with van der Waals surface area (Å²) >= 11 is 0. The Morgan fingerprint density at radius 1 is 1.21 bits per heavy atom. The number of ether oxygens (including phenoxy) is 1. The second-order valence-corrected chi connectivity index (χ2v) is 5.08. The Balaban J connectivity index is 1.65. The Hall–Kier alpha value is -1.72. The summed E-state index contributed by atoms with van der Waals surface area (Å²) in [5.74, 6) is 1.36. The molecule has 5 heteroatoms. The van der Waals surface area contributed by atoms with E-state index < -0.39 is 0 Å². The maximum absolute atomic E-state index is 5.42. The van der Waals surface area contributed by atoms with Crippen molar-refractivity contribution in [1.82, 2.24) is 15.5 Å². The number of benzene rings is 1. The predicted molar refractivity (Wildman–Crippen MR) is 68.2 cm³/mol. The average Bonchev–Trinajstić information content (AvgIpc) is 3.18. The summed E-state index contributed by atoms with van der Waals surface area (Å²) in [5, 5.41) is 7.46. The van der Waals surface area contributed by atoms with E-state index in [1.54, 1.807) is 0 Å². The van der Waals surface area contributed by atoms with Crippen LogP contribution in [0.25, 0.3) is 11.5 Å². The molecule has 4 rings (SSSR count). The van der Waals surface area contributed by atoms with Crippen molar-refractivity contribution in [2.24, 2.45) is 0 Å². The van der Waals surface area contributed by atoms with Gasteiger partial charge in [0.2, 0.25) is 0 Å². The van der Waals surface area contributed by atoms with Gasteiger partial charge in [0.05, 0.1) is 19.3 Å². The van der Waals surface area contributed by atoms with Crippen molar-refractivity contribution in [3.05, 3.63) is 35.2 Å². The third-order valence-corrected chi connectivity index (χ3v) is 3.78. The molecule has 0 saturated carbocycles. The zero-order chi connectivity index (χ0) is 12.7. The summed E-state index contributed by atoms with van der Waals surface area (Å²) in [4.78, 5) is 4.51. The van der Waals surface area contributed by atoms with E-state index in [0.717, 1.165) is 24.4 Å². The molecule has 2 aliphatic heterocycles. The van der Waals surface area contributed by atoms with Gasteiger partial charge in [0.1, 0.15) is 0 Å². The highest BCUT2D eigenvalue weighted by atomic mass is 16.5. The van der Waals surface area contributed by atoms with E-state index in [2.05, 4.69) is 27.6 Å². The molecule has 5 nitrogen and oxygen atoms in total. The van der Waals surface area contributed by atoms with Crippen molar-refractivity contribution >= 4 is 0 Å². The molecule has 2 aliphatic rings. The third kappa shape index (κ3) is 1.95. The minimum atomic E-state index is 0.246. The molecule has 1 unspecified atom stereocenters. The Kier molecular flexibility index (Phi) is 2.60. The van der Waals surface area contributed by atoms with Gasteiger partial charge in [-0.3, -0.25) is 0 Å². The highest BCUT2D eigenvalue weighted by molar-refractivity contribution is 5.56. The lowest BCUT2D eigenvalue weighted by atomic mass is 10.1. The standard InChI is InChI=1S/C14H15N3O2/c1-2-12(15-5-1)13-16-14(19-17-13)9-3-4-10-7-18-8-11(10)6-9/h3-4,6,12,15H,1-2,5,7-8H2. The molecule has 0 spiro atoms. The molecular formula is C14H15N3O2. The molecule has 1 saturated heterocycles. The van der Waals surface area contributed by atoms with Gasteiger partial charge in [0.15, 0.2) is 5.82 Å². The number of fused-ring (bicyclic) bond motifs is 1. The van der Waals surface area contributed by atoms with E-state index in [1.807, 2.05) is 6.07 Å². The number of rotatable bonds is 2. The quantitative estimate of drug-likeness (QED) is 0.893. The molecule has 1 N–H and O–H groups in total. The van der Waals surface area contributed by atoms with Crippen LogP contribution in [0.5, 0.6) is 0 Å². The van der Waals surface area contributed by atoms with E-state index in [1.165, 1.54) is 17.5 Å². The van der Waals surface area contributed by atoms with Crippen LogP contribution in [0.2, 0.25) is 0 Å². The van der Waals surface area contributed by atoms with Crippen LogP contribution in [0.1, 0.15) is 35.8 Å². The predicted octanol–water partition coefficient (Wildman–Crippen LogP) is 2.19. The molecule has 0 radical (unpaired) electrons. The molecule has 0 amide bonds. The molecule has 19 heavy (non-hydrogen) atoms. The molecule has 1 atom stereocenters. The fourth-order valence-corrected chi connectivity index (χ4v) is 2.70. The van der Waals surface area contributed by atoms with Crippen molar-refractivity contribution in [2.75, 3.05) is 6.54 Å². The average molecular weight is 257 g/mol. The minimum Gasteiger partial charge on any atom is -0.372 e. The second kappa shape index (κ2) is 4.43. The molecule has 1 aromatic carbocycles. The number of nitrogens with one attached hydrogen (secondary N) is 1. The largest absolute Gasteiger partial charge is 0.372 e. The first kappa shape index (κ1) is 11.1. The van der Waals surface area contributed by atoms with Crippen molar-refractivity contribution < 1.29 is 9.26 Å². The van der Waals surface area contributed by atoms with Gasteiger partial charge in [-0.2, -0.15) is 4.98 Å². The van der Waals surface area contributed by atoms with Gasteiger partial charge >= 0.3 is 0 Å². The molecule has 0 aliphatic carbocycles. The smallest absolute Gasteiger partial charge is 0.257 e. The van der Waals surface area contributed by atoms with Crippen molar-refractivity contribution in [1.29, 1.82) is 0 Å². The zero-order valence-electron chi connectivity index (χ0n) is 10.6. The number of hydrogen-bond donors (Lipinski definition) is 1. The highest BCUT2D eigenvalue weighted by Gasteiger charge is 2.22. The van der Waals surface area contributed by atoms with Crippen LogP contribution >= 0.6 is 0 Å². The SMILES string of the molecule is c1cc2c(cc1-c1nc(C3CCCN3)no1)COC2. The molecule has 0 bridgehead atoms. The van der Waals surface area contributed by atoms with Gasteiger partial charge in [-0.15, -0.1) is 0 Å². The normalized spacial score (nSPS) is 21.8. The van der Waals surface area contributed by atoms with E-state index in [0.29, 0.717) is 19.1 Å². The molecule has 1 aromatic heterocycles. The molecular weight excluding hydrogens is 242 g/mol. The van der Waals surface area contributed by atoms with Gasteiger partial charge in [-0.05, 0) is 42.6 Å². The fourth-order valence-electron chi connectivity index (χ4n) is 2.70. The third-order valence-electron chi connectivity index (χ3n) is 3.78. The Morgan fingerprint density at radius 2 is 2.16 bits per heavy atom. The first-order chi connectivity index (χ1) is 9.40. The maximum atomic E-state index is 5.42. The number of aromatic nitrogens is 2. The topological polar surface area (TPSA) is 60.2 Å². The highest BCUT2D eigenvalue weighted by Crippen LogP contribution is 2.27. The summed E-state index contributed by atoms with van der Waals surface area (Å²) in [7, 11) is 0. The lowest BCUT2D eigenvalue weighted by Crippen LogP contribution is -2.14. The van der Waals surface area contributed by atoms with E-state index in [4.69, 9.17) is 9.26 Å². The van der Waals surface area contributed by atoms with Gasteiger partial charge in [-0.25, -0.2) is 0 Å². The van der Waals surface area contributed by atoms with E-state index in [-0.39, 0.29) is 6.04 Å². The molecule has 3 heterocycles. The molecule has 1 fully saturated rings. The van der Waals surface area contributed by atoms with Crippen molar-refractivity contribution in [3.63, 3.8) is 0 Å². The van der Waals surface area contributed by atoms with Crippen LogP contribution < -0.4 is 5.32 Å². The Bertz CT molecular complexity index is 602. The number of hydrogen-bond acceptors (Lipinski definition) is 5. The van der Waals surface area contributed by atoms with Crippen LogP contribution in [0, 0.1) is 0 Å². The van der Waals surface area contributed by atoms with E-state index in [9.17, 15) is 0 Å². The summed E-state index contributed by atoms with van der Waals surface area (Å²) < 4.78 is 10.8. The molecule has 98 valence electrons. The van der Waals surface area contributed by atoms with Crippen LogP contribution in [0.3, 0.4) is 0 Å². The first-order valence-corrected chi connectivity index (χ1v) is 6.67. The fraction of sp³-hybridized carbons (Fsp3) is 0.429. The molecule has 2 aromatic rings. The summed E-state index contributed by atoms with van der Waals surface area (Å²) in [5.41, 5.74) is 3.44. The number of nitrogens with zero attached hydrogens (tertiary/aromatic N) is 2. The summed E-state index contributed by atoms with van der Waals surface area (Å²) in [6.07, 6.45) is 2.25. The van der Waals surface area contributed by atoms with Crippen molar-refractivity contribution in [2.45, 2.75) is 32.1 Å². The first-order valence-electron chi connectivity index (χ1n) is 6.67. The second-order valence-electron chi connectivity index (χ2n) is 5.08. The Labute approximate surface area is 111 Å². The zero-order valence-corrected chi connectivity index (χ0v) is 10.6. The lowest BCUT2D eigenvalue weighted by molar-refractivity contribution is 0.134. The van der Waals surface area contributed by atoms with E-state index >= 15 is 0 Å². The monoisotopic (exact) mass is 257 g/mol. The summed E-state index contributed by atoms with van der Waals surface area (Å²) in [6, 6.07) is 6.43. The summed E-state index contributed by atoms with van der Waals surface area (Å²) in [6.45, 7) is 2.41. The minimum absolute atomic E-state index is 0.246. The van der Waals surface area contributed by atoms with Gasteiger partial charge in [0.25, 0.3) is 5.89 Å². The van der Waals surface area contributed by atoms with Gasteiger partial charge in [0, 0.05) is 5.56 Å². The Morgan fingerprint density at radius 3 is 3.05 bits per heavy atom. The van der Waals surface area contributed by atoms with Crippen LogP contribution in [-0.4, -0.2) is 16.7 Å². The van der Waals surface area contributed by atoms with Gasteiger partial charge < -0.3 is 14.6 Å². The van der Waals surface area contributed by atoms with Crippen LogP contribution in [0.4, 0.5) is 0 Å². The lowest BCUT2D eigenvalue weighted by Gasteiger charge is -2.02. The van der Waals surface area contributed by atoms with Crippen LogP contribution in [0.15, 0.2) is 22.7 Å². The van der Waals surface area contributed by atoms with Gasteiger partial charge in [-0.1, -0.05) is 11.2 Å². The van der Waals surface area contributed by atoms with Crippen molar-refractivity contribution in [3.8, 4) is 11.5 Å². The van der Waals surface area contributed by atoms with Crippen LogP contribution in [-0.2, 0) is 18.0 Å².